The molecule has 0 bridgehead atoms. The third-order valence-corrected chi connectivity index (χ3v) is 3.82. The van der Waals surface area contributed by atoms with Gasteiger partial charge < -0.3 is 25.8 Å². The first-order valence-electron chi connectivity index (χ1n) is 9.04. The third kappa shape index (κ3) is 7.81. The van der Waals surface area contributed by atoms with Crippen molar-refractivity contribution in [3.05, 3.63) is 35.4 Å². The number of carbonyl (C=O) groups is 4. The van der Waals surface area contributed by atoms with Crippen LogP contribution in [0.3, 0.4) is 0 Å². The second-order valence-electron chi connectivity index (χ2n) is 8.07. The summed E-state index contributed by atoms with van der Waals surface area (Å²) in [6.45, 7) is 8.07. The minimum atomic E-state index is -1.30. The standard InChI is InChI=1S/C20H29N3O6/c1-19(2,3)29-18(27)22-14(16(25)23-20(4,5)17(26)28-6)11-12-7-9-13(10-8-12)15(21)24/h7-10,14H,11H2,1-6H3,(H2,21,24)(H,22,27)(H,23,25). The summed E-state index contributed by atoms with van der Waals surface area (Å²) in [6, 6.07) is 5.27. The predicted molar refractivity (Wildman–Crippen MR) is 106 cm³/mol. The van der Waals surface area contributed by atoms with Gasteiger partial charge in [-0.25, -0.2) is 9.59 Å². The summed E-state index contributed by atoms with van der Waals surface area (Å²) in [5, 5.41) is 5.09. The van der Waals surface area contributed by atoms with Gasteiger partial charge in [0.15, 0.2) is 0 Å². The first-order valence-corrected chi connectivity index (χ1v) is 9.04. The van der Waals surface area contributed by atoms with E-state index >= 15 is 0 Å². The van der Waals surface area contributed by atoms with Crippen molar-refractivity contribution in [3.8, 4) is 0 Å². The highest BCUT2D eigenvalue weighted by atomic mass is 16.6. The van der Waals surface area contributed by atoms with Crippen molar-refractivity contribution in [2.24, 2.45) is 5.73 Å². The Morgan fingerprint density at radius 1 is 1.03 bits per heavy atom. The maximum atomic E-state index is 12.8. The van der Waals surface area contributed by atoms with Crippen molar-refractivity contribution in [3.63, 3.8) is 0 Å². The fraction of sp³-hybridized carbons (Fsp3) is 0.500. The number of alkyl carbamates (subject to hydrolysis) is 1. The summed E-state index contributed by atoms with van der Waals surface area (Å²) in [5.41, 5.74) is 4.17. The number of esters is 1. The number of carbonyl (C=O) groups excluding carboxylic acids is 4. The van der Waals surface area contributed by atoms with E-state index in [-0.39, 0.29) is 6.42 Å². The van der Waals surface area contributed by atoms with Crippen LogP contribution in [0.4, 0.5) is 4.79 Å². The lowest BCUT2D eigenvalue weighted by Crippen LogP contribution is -2.57. The fourth-order valence-corrected chi connectivity index (χ4v) is 2.40. The number of hydrogen-bond acceptors (Lipinski definition) is 6. The van der Waals surface area contributed by atoms with Gasteiger partial charge in [-0.05, 0) is 52.3 Å². The number of amides is 3. The number of nitrogens with two attached hydrogens (primary N) is 1. The molecule has 9 heteroatoms. The van der Waals surface area contributed by atoms with E-state index in [2.05, 4.69) is 15.4 Å². The smallest absolute Gasteiger partial charge is 0.408 e. The van der Waals surface area contributed by atoms with Gasteiger partial charge in [-0.15, -0.1) is 0 Å². The summed E-state index contributed by atoms with van der Waals surface area (Å²) in [6.07, 6.45) is -0.677. The van der Waals surface area contributed by atoms with E-state index in [1.165, 1.54) is 33.1 Å². The lowest BCUT2D eigenvalue weighted by molar-refractivity contribution is -0.149. The zero-order chi connectivity index (χ0) is 22.4. The topological polar surface area (TPSA) is 137 Å². The van der Waals surface area contributed by atoms with Gasteiger partial charge in [0, 0.05) is 12.0 Å². The van der Waals surface area contributed by atoms with Crippen molar-refractivity contribution in [2.45, 2.75) is 58.2 Å². The second-order valence-corrected chi connectivity index (χ2v) is 8.07. The molecule has 0 aliphatic carbocycles. The van der Waals surface area contributed by atoms with E-state index in [0.717, 1.165) is 0 Å². The van der Waals surface area contributed by atoms with Crippen molar-refractivity contribution >= 4 is 23.9 Å². The minimum Gasteiger partial charge on any atom is -0.467 e. The Morgan fingerprint density at radius 2 is 1.59 bits per heavy atom. The van der Waals surface area contributed by atoms with Crippen LogP contribution in [0.1, 0.15) is 50.5 Å². The van der Waals surface area contributed by atoms with Gasteiger partial charge in [-0.1, -0.05) is 12.1 Å². The molecule has 1 aromatic rings. The predicted octanol–water partition coefficient (Wildman–Crippen LogP) is 1.29. The van der Waals surface area contributed by atoms with Gasteiger partial charge >= 0.3 is 12.1 Å². The lowest BCUT2D eigenvalue weighted by Gasteiger charge is -2.27. The average Bonchev–Trinajstić information content (AvgIpc) is 2.58. The lowest BCUT2D eigenvalue weighted by atomic mass is 10.0. The Kier molecular flexibility index (Phi) is 7.76. The Labute approximate surface area is 170 Å². The molecule has 0 fully saturated rings. The molecule has 4 N–H and O–H groups in total. The molecule has 0 aliphatic rings. The summed E-state index contributed by atoms with van der Waals surface area (Å²) in [7, 11) is 1.22. The number of hydrogen-bond donors (Lipinski definition) is 3. The van der Waals surface area contributed by atoms with E-state index in [1.807, 2.05) is 0 Å². The van der Waals surface area contributed by atoms with Crippen LogP contribution in [-0.2, 0) is 25.5 Å². The number of benzene rings is 1. The second kappa shape index (κ2) is 9.40. The maximum Gasteiger partial charge on any atom is 0.408 e. The molecular weight excluding hydrogens is 378 g/mol. The van der Waals surface area contributed by atoms with Crippen LogP contribution in [0.15, 0.2) is 24.3 Å². The number of rotatable bonds is 7. The fourth-order valence-electron chi connectivity index (χ4n) is 2.40. The largest absolute Gasteiger partial charge is 0.467 e. The van der Waals surface area contributed by atoms with Crippen LogP contribution in [0, 0.1) is 0 Å². The van der Waals surface area contributed by atoms with Gasteiger partial charge in [-0.2, -0.15) is 0 Å². The molecule has 29 heavy (non-hydrogen) atoms. The molecule has 160 valence electrons. The highest BCUT2D eigenvalue weighted by Crippen LogP contribution is 2.12. The van der Waals surface area contributed by atoms with Gasteiger partial charge in [-0.3, -0.25) is 9.59 Å². The summed E-state index contributed by atoms with van der Waals surface area (Å²) in [4.78, 5) is 48.1. The SMILES string of the molecule is COC(=O)C(C)(C)NC(=O)C(Cc1ccc(C(N)=O)cc1)NC(=O)OC(C)(C)C. The van der Waals surface area contributed by atoms with E-state index in [1.54, 1.807) is 32.9 Å². The zero-order valence-corrected chi connectivity index (χ0v) is 17.6. The summed E-state index contributed by atoms with van der Waals surface area (Å²) in [5.74, 6) is -1.80. The number of ether oxygens (including phenoxy) is 2. The quantitative estimate of drug-likeness (QED) is 0.583. The van der Waals surface area contributed by atoms with Crippen molar-refractivity contribution in [2.75, 3.05) is 7.11 Å². The molecule has 0 aliphatic heterocycles. The van der Waals surface area contributed by atoms with Crippen LogP contribution < -0.4 is 16.4 Å². The molecule has 0 saturated heterocycles. The number of primary amides is 1. The monoisotopic (exact) mass is 407 g/mol. The minimum absolute atomic E-state index is 0.0986. The van der Waals surface area contributed by atoms with E-state index in [0.29, 0.717) is 11.1 Å². The summed E-state index contributed by atoms with van der Waals surface area (Å²) >= 11 is 0. The molecule has 1 aromatic carbocycles. The molecule has 0 radical (unpaired) electrons. The van der Waals surface area contributed by atoms with Gasteiger partial charge in [0.1, 0.15) is 17.2 Å². The third-order valence-electron chi connectivity index (χ3n) is 3.82. The number of nitrogens with one attached hydrogen (secondary N) is 2. The average molecular weight is 407 g/mol. The Morgan fingerprint density at radius 3 is 2.03 bits per heavy atom. The highest BCUT2D eigenvalue weighted by molar-refractivity contribution is 5.93. The molecular formula is C20H29N3O6. The first-order chi connectivity index (χ1) is 13.2. The van der Waals surface area contributed by atoms with Gasteiger partial charge in [0.05, 0.1) is 7.11 Å². The van der Waals surface area contributed by atoms with Crippen LogP contribution in [0.5, 0.6) is 0 Å². The van der Waals surface area contributed by atoms with Gasteiger partial charge in [0.2, 0.25) is 11.8 Å². The van der Waals surface area contributed by atoms with Crippen molar-refractivity contribution in [1.82, 2.24) is 10.6 Å². The molecule has 1 rings (SSSR count). The molecule has 0 saturated carbocycles. The molecule has 0 spiro atoms. The van der Waals surface area contributed by atoms with E-state index < -0.39 is 41.1 Å². The van der Waals surface area contributed by atoms with Crippen LogP contribution in [0.2, 0.25) is 0 Å². The number of methoxy groups -OCH3 is 1. The molecule has 0 aromatic heterocycles. The molecule has 9 nitrogen and oxygen atoms in total. The normalized spacial score (nSPS) is 12.5. The highest BCUT2D eigenvalue weighted by Gasteiger charge is 2.34. The first kappa shape index (κ1) is 23.9. The van der Waals surface area contributed by atoms with Crippen molar-refractivity contribution < 1.29 is 28.7 Å². The Bertz CT molecular complexity index is 765. The molecule has 0 heterocycles. The maximum absolute atomic E-state index is 12.8. The summed E-state index contributed by atoms with van der Waals surface area (Å²) < 4.78 is 9.91. The van der Waals surface area contributed by atoms with Crippen LogP contribution in [-0.4, -0.2) is 48.2 Å². The van der Waals surface area contributed by atoms with Gasteiger partial charge in [0.25, 0.3) is 0 Å². The Hall–Kier alpha value is -3.10. The van der Waals surface area contributed by atoms with E-state index in [9.17, 15) is 19.2 Å². The van der Waals surface area contributed by atoms with Crippen molar-refractivity contribution in [1.29, 1.82) is 0 Å². The molecule has 1 unspecified atom stereocenters. The van der Waals surface area contributed by atoms with E-state index in [4.69, 9.17) is 10.5 Å². The van der Waals surface area contributed by atoms with Crippen LogP contribution >= 0.6 is 0 Å². The molecule has 1 atom stereocenters. The van der Waals surface area contributed by atoms with Crippen LogP contribution in [0.25, 0.3) is 0 Å². The molecule has 3 amide bonds. The Balaban J connectivity index is 3.04. The zero-order valence-electron chi connectivity index (χ0n) is 17.6.